The van der Waals surface area contributed by atoms with E-state index in [9.17, 15) is 5.11 Å². The molecule has 0 heterocycles. The lowest BCUT2D eigenvalue weighted by Crippen LogP contribution is -2.44. The molecule has 0 aromatic rings. The average molecular weight is 199 g/mol. The van der Waals surface area contributed by atoms with Crippen LogP contribution in [0.25, 0.3) is 0 Å². The lowest BCUT2D eigenvalue weighted by Gasteiger charge is -2.36. The van der Waals surface area contributed by atoms with Crippen LogP contribution in [0.1, 0.15) is 52.9 Å². The SMILES string of the molecule is CCN(C(C)O)C1CCCCCC1C. The van der Waals surface area contributed by atoms with E-state index in [4.69, 9.17) is 0 Å². The minimum atomic E-state index is -0.287. The molecule has 1 fully saturated rings. The second kappa shape index (κ2) is 5.72. The van der Waals surface area contributed by atoms with Crippen molar-refractivity contribution in [2.45, 2.75) is 65.1 Å². The quantitative estimate of drug-likeness (QED) is 0.558. The van der Waals surface area contributed by atoms with Gasteiger partial charge in [-0.3, -0.25) is 4.90 Å². The number of nitrogens with zero attached hydrogens (tertiary/aromatic N) is 1. The van der Waals surface area contributed by atoms with Crippen molar-refractivity contribution in [2.75, 3.05) is 6.54 Å². The fourth-order valence-electron chi connectivity index (χ4n) is 2.74. The van der Waals surface area contributed by atoms with Crippen molar-refractivity contribution < 1.29 is 5.11 Å². The Kier molecular flexibility index (Phi) is 4.90. The van der Waals surface area contributed by atoms with Crippen molar-refractivity contribution in [3.8, 4) is 0 Å². The van der Waals surface area contributed by atoms with Crippen LogP contribution in [-0.2, 0) is 0 Å². The van der Waals surface area contributed by atoms with Gasteiger partial charge in [0, 0.05) is 6.04 Å². The van der Waals surface area contributed by atoms with Crippen molar-refractivity contribution in [1.82, 2.24) is 4.90 Å². The molecule has 0 radical (unpaired) electrons. The molecule has 1 aliphatic carbocycles. The maximum absolute atomic E-state index is 9.70. The van der Waals surface area contributed by atoms with Gasteiger partial charge in [0.1, 0.15) is 6.23 Å². The number of aliphatic hydroxyl groups excluding tert-OH is 1. The molecule has 0 saturated heterocycles. The molecule has 14 heavy (non-hydrogen) atoms. The van der Waals surface area contributed by atoms with Crippen molar-refractivity contribution in [2.24, 2.45) is 5.92 Å². The summed E-state index contributed by atoms with van der Waals surface area (Å²) < 4.78 is 0. The first kappa shape index (κ1) is 12.0. The lowest BCUT2D eigenvalue weighted by atomic mass is 9.95. The highest BCUT2D eigenvalue weighted by Crippen LogP contribution is 2.27. The zero-order chi connectivity index (χ0) is 10.6. The molecule has 0 spiro atoms. The van der Waals surface area contributed by atoms with E-state index in [1.54, 1.807) is 0 Å². The van der Waals surface area contributed by atoms with Gasteiger partial charge in [-0.25, -0.2) is 0 Å². The van der Waals surface area contributed by atoms with E-state index >= 15 is 0 Å². The molecule has 1 rings (SSSR count). The summed E-state index contributed by atoms with van der Waals surface area (Å²) in [4.78, 5) is 2.25. The number of aliphatic hydroxyl groups is 1. The Bertz CT molecular complexity index is 158. The first-order chi connectivity index (χ1) is 6.66. The minimum Gasteiger partial charge on any atom is -0.379 e. The Morgan fingerprint density at radius 2 is 1.93 bits per heavy atom. The fourth-order valence-corrected chi connectivity index (χ4v) is 2.74. The van der Waals surface area contributed by atoms with Crippen molar-refractivity contribution >= 4 is 0 Å². The van der Waals surface area contributed by atoms with Gasteiger partial charge in [0.25, 0.3) is 0 Å². The van der Waals surface area contributed by atoms with Crippen LogP contribution in [0.15, 0.2) is 0 Å². The smallest absolute Gasteiger partial charge is 0.104 e. The Labute approximate surface area is 88.3 Å². The second-order valence-corrected chi connectivity index (χ2v) is 4.64. The number of hydrogen-bond donors (Lipinski definition) is 1. The van der Waals surface area contributed by atoms with Crippen LogP contribution < -0.4 is 0 Å². The van der Waals surface area contributed by atoms with Crippen molar-refractivity contribution in [1.29, 1.82) is 0 Å². The largest absolute Gasteiger partial charge is 0.379 e. The molecule has 0 amide bonds. The zero-order valence-corrected chi connectivity index (χ0v) is 9.87. The Morgan fingerprint density at radius 1 is 1.29 bits per heavy atom. The third-order valence-corrected chi connectivity index (χ3v) is 3.59. The molecule has 1 saturated carbocycles. The van der Waals surface area contributed by atoms with Gasteiger partial charge in [0.05, 0.1) is 0 Å². The fraction of sp³-hybridized carbons (Fsp3) is 1.00. The number of hydrogen-bond acceptors (Lipinski definition) is 2. The second-order valence-electron chi connectivity index (χ2n) is 4.64. The van der Waals surface area contributed by atoms with Crippen LogP contribution in [0.4, 0.5) is 0 Å². The average Bonchev–Trinajstić information content (AvgIpc) is 2.33. The monoisotopic (exact) mass is 199 g/mol. The number of rotatable bonds is 3. The van der Waals surface area contributed by atoms with Gasteiger partial charge >= 0.3 is 0 Å². The molecule has 3 unspecified atom stereocenters. The standard InChI is InChI=1S/C12H25NO/c1-4-13(11(3)14)12-9-7-5-6-8-10(12)2/h10-12,14H,4-9H2,1-3H3. The molecule has 1 aliphatic rings. The van der Waals surface area contributed by atoms with Crippen LogP contribution in [0, 0.1) is 5.92 Å². The van der Waals surface area contributed by atoms with Crippen LogP contribution in [0.2, 0.25) is 0 Å². The van der Waals surface area contributed by atoms with E-state index in [0.717, 1.165) is 12.5 Å². The van der Waals surface area contributed by atoms with E-state index in [0.29, 0.717) is 6.04 Å². The first-order valence-corrected chi connectivity index (χ1v) is 6.10. The molecule has 2 nitrogen and oxygen atoms in total. The summed E-state index contributed by atoms with van der Waals surface area (Å²) in [6, 6.07) is 0.600. The normalized spacial score (nSPS) is 31.5. The lowest BCUT2D eigenvalue weighted by molar-refractivity contribution is -0.0252. The molecule has 3 atom stereocenters. The summed E-state index contributed by atoms with van der Waals surface area (Å²) in [7, 11) is 0. The van der Waals surface area contributed by atoms with Gasteiger partial charge in [-0.15, -0.1) is 0 Å². The van der Waals surface area contributed by atoms with E-state index in [1.165, 1.54) is 32.1 Å². The van der Waals surface area contributed by atoms with Crippen molar-refractivity contribution in [3.05, 3.63) is 0 Å². The molecule has 1 N–H and O–H groups in total. The van der Waals surface area contributed by atoms with Crippen molar-refractivity contribution in [3.63, 3.8) is 0 Å². The third-order valence-electron chi connectivity index (χ3n) is 3.59. The molecule has 0 aromatic heterocycles. The molecule has 84 valence electrons. The molecular weight excluding hydrogens is 174 g/mol. The van der Waals surface area contributed by atoms with E-state index in [2.05, 4.69) is 18.7 Å². The van der Waals surface area contributed by atoms with Gasteiger partial charge in [0.2, 0.25) is 0 Å². The highest BCUT2D eigenvalue weighted by Gasteiger charge is 2.27. The van der Waals surface area contributed by atoms with Crippen LogP contribution in [0.5, 0.6) is 0 Å². The zero-order valence-electron chi connectivity index (χ0n) is 9.87. The molecular formula is C12H25NO. The predicted octanol–water partition coefficient (Wildman–Crippen LogP) is 2.62. The summed E-state index contributed by atoms with van der Waals surface area (Å²) in [5, 5.41) is 9.70. The summed E-state index contributed by atoms with van der Waals surface area (Å²) in [6.45, 7) is 7.33. The molecule has 0 aromatic carbocycles. The van der Waals surface area contributed by atoms with Crippen LogP contribution >= 0.6 is 0 Å². The van der Waals surface area contributed by atoms with E-state index < -0.39 is 0 Å². The first-order valence-electron chi connectivity index (χ1n) is 6.10. The van der Waals surface area contributed by atoms with Gasteiger partial charge in [-0.2, -0.15) is 0 Å². The Morgan fingerprint density at radius 3 is 2.50 bits per heavy atom. The predicted molar refractivity (Wildman–Crippen MR) is 60.1 cm³/mol. The van der Waals surface area contributed by atoms with E-state index in [-0.39, 0.29) is 6.23 Å². The Hall–Kier alpha value is -0.0800. The van der Waals surface area contributed by atoms with Gasteiger partial charge < -0.3 is 5.11 Å². The minimum absolute atomic E-state index is 0.287. The summed E-state index contributed by atoms with van der Waals surface area (Å²) in [6.07, 6.45) is 6.38. The van der Waals surface area contributed by atoms with Crippen LogP contribution in [0.3, 0.4) is 0 Å². The highest BCUT2D eigenvalue weighted by molar-refractivity contribution is 4.79. The van der Waals surface area contributed by atoms with Gasteiger partial charge in [-0.1, -0.05) is 33.1 Å². The molecule has 0 bridgehead atoms. The topological polar surface area (TPSA) is 23.5 Å². The van der Waals surface area contributed by atoms with Crippen LogP contribution in [-0.4, -0.2) is 28.8 Å². The maximum atomic E-state index is 9.70. The Balaban J connectivity index is 2.60. The summed E-state index contributed by atoms with van der Waals surface area (Å²) >= 11 is 0. The molecule has 0 aliphatic heterocycles. The highest BCUT2D eigenvalue weighted by atomic mass is 16.3. The summed E-state index contributed by atoms with van der Waals surface area (Å²) in [5.74, 6) is 0.743. The van der Waals surface area contributed by atoms with E-state index in [1.807, 2.05) is 6.92 Å². The maximum Gasteiger partial charge on any atom is 0.104 e. The van der Waals surface area contributed by atoms with Gasteiger partial charge in [0.15, 0.2) is 0 Å². The third kappa shape index (κ3) is 2.96. The summed E-state index contributed by atoms with van der Waals surface area (Å²) in [5.41, 5.74) is 0. The molecule has 2 heteroatoms. The van der Waals surface area contributed by atoms with Gasteiger partial charge in [-0.05, 0) is 32.2 Å².